The number of ether oxygens (including phenoxy) is 1. The molecule has 0 unspecified atom stereocenters. The summed E-state index contributed by atoms with van der Waals surface area (Å²) in [6.45, 7) is 0. The molecule has 1 heterocycles. The second-order valence-corrected chi connectivity index (χ2v) is 3.41. The van der Waals surface area contributed by atoms with Gasteiger partial charge in [-0.3, -0.25) is 0 Å². The van der Waals surface area contributed by atoms with Crippen LogP contribution in [0.1, 0.15) is 6.42 Å². The monoisotopic (exact) mass is 162 g/mol. The normalized spacial score (nSPS) is 32.5. The quantitative estimate of drug-likeness (QED) is 0.645. The molecule has 1 aliphatic rings. The van der Waals surface area contributed by atoms with E-state index < -0.39 is 11.6 Å². The molecule has 0 aliphatic carbocycles. The number of rotatable bonds is 2. The van der Waals surface area contributed by atoms with Crippen LogP contribution in [0.5, 0.6) is 0 Å². The van der Waals surface area contributed by atoms with Crippen molar-refractivity contribution in [1.82, 2.24) is 0 Å². The molecule has 0 aromatic heterocycles. The van der Waals surface area contributed by atoms with Crippen molar-refractivity contribution in [3.63, 3.8) is 0 Å². The van der Waals surface area contributed by atoms with Gasteiger partial charge in [-0.15, -0.1) is 0 Å². The maximum atomic E-state index is 10.6. The average Bonchev–Trinajstić information content (AvgIpc) is 2.35. The van der Waals surface area contributed by atoms with Crippen molar-refractivity contribution in [3.8, 4) is 0 Å². The summed E-state index contributed by atoms with van der Waals surface area (Å²) in [5.41, 5.74) is -0.884. The lowest BCUT2D eigenvalue weighted by atomic mass is 10.0. The summed E-state index contributed by atoms with van der Waals surface area (Å²) in [5, 5.41) is 8.73. The molecule has 3 nitrogen and oxygen atoms in total. The van der Waals surface area contributed by atoms with E-state index in [1.807, 2.05) is 0 Å². The first kappa shape index (κ1) is 7.88. The molecule has 0 bridgehead atoms. The molecule has 4 heteroatoms. The summed E-state index contributed by atoms with van der Waals surface area (Å²) in [6, 6.07) is 0. The Bertz CT molecular complexity index is 140. The van der Waals surface area contributed by atoms with Crippen LogP contribution in [0.25, 0.3) is 0 Å². The average molecular weight is 162 g/mol. The predicted molar refractivity (Wildman–Crippen MR) is 39.3 cm³/mol. The highest BCUT2D eigenvalue weighted by molar-refractivity contribution is 7.99. The Morgan fingerprint density at radius 3 is 2.70 bits per heavy atom. The van der Waals surface area contributed by atoms with Gasteiger partial charge >= 0.3 is 5.97 Å². The third-order valence-electron chi connectivity index (χ3n) is 1.77. The van der Waals surface area contributed by atoms with Gasteiger partial charge < -0.3 is 9.84 Å². The zero-order valence-electron chi connectivity index (χ0n) is 5.79. The van der Waals surface area contributed by atoms with E-state index in [4.69, 9.17) is 9.84 Å². The largest absolute Gasteiger partial charge is 0.479 e. The minimum absolute atomic E-state index is 0.582. The molecular weight excluding hydrogens is 152 g/mol. The van der Waals surface area contributed by atoms with Gasteiger partial charge in [0.1, 0.15) is 0 Å². The molecule has 1 N–H and O–H groups in total. The minimum Gasteiger partial charge on any atom is -0.479 e. The highest BCUT2D eigenvalue weighted by Crippen LogP contribution is 2.30. The van der Waals surface area contributed by atoms with Crippen molar-refractivity contribution in [2.45, 2.75) is 12.0 Å². The lowest BCUT2D eigenvalue weighted by Gasteiger charge is -2.20. The summed E-state index contributed by atoms with van der Waals surface area (Å²) in [4.78, 5) is 10.6. The number of methoxy groups -OCH3 is 1. The van der Waals surface area contributed by atoms with E-state index in [9.17, 15) is 4.79 Å². The molecule has 0 aromatic rings. The first-order valence-electron chi connectivity index (χ1n) is 3.07. The van der Waals surface area contributed by atoms with E-state index in [1.54, 1.807) is 11.8 Å². The van der Waals surface area contributed by atoms with E-state index in [-0.39, 0.29) is 0 Å². The van der Waals surface area contributed by atoms with Crippen LogP contribution in [0.2, 0.25) is 0 Å². The Morgan fingerprint density at radius 2 is 2.50 bits per heavy atom. The van der Waals surface area contributed by atoms with E-state index in [0.717, 1.165) is 5.75 Å². The second-order valence-electron chi connectivity index (χ2n) is 2.31. The van der Waals surface area contributed by atoms with Crippen molar-refractivity contribution >= 4 is 17.7 Å². The van der Waals surface area contributed by atoms with Crippen LogP contribution in [-0.2, 0) is 9.53 Å². The molecule has 0 amide bonds. The lowest BCUT2D eigenvalue weighted by molar-refractivity contribution is -0.158. The van der Waals surface area contributed by atoms with Gasteiger partial charge in [-0.2, -0.15) is 11.8 Å². The van der Waals surface area contributed by atoms with Crippen molar-refractivity contribution in [2.24, 2.45) is 0 Å². The van der Waals surface area contributed by atoms with Gasteiger partial charge in [0, 0.05) is 12.9 Å². The maximum absolute atomic E-state index is 10.6. The molecule has 1 atom stereocenters. The smallest absolute Gasteiger partial charge is 0.336 e. The third kappa shape index (κ3) is 1.13. The topological polar surface area (TPSA) is 46.5 Å². The number of hydrogen-bond donors (Lipinski definition) is 1. The number of carboxylic acids is 1. The van der Waals surface area contributed by atoms with E-state index >= 15 is 0 Å². The highest BCUT2D eigenvalue weighted by Gasteiger charge is 2.41. The van der Waals surface area contributed by atoms with Gasteiger partial charge in [0.05, 0.1) is 0 Å². The van der Waals surface area contributed by atoms with E-state index in [0.29, 0.717) is 12.2 Å². The Morgan fingerprint density at radius 1 is 1.80 bits per heavy atom. The fraction of sp³-hybridized carbons (Fsp3) is 0.833. The summed E-state index contributed by atoms with van der Waals surface area (Å²) >= 11 is 1.63. The fourth-order valence-corrected chi connectivity index (χ4v) is 2.30. The molecule has 1 fully saturated rings. The Kier molecular flexibility index (Phi) is 2.21. The van der Waals surface area contributed by atoms with Crippen molar-refractivity contribution in [3.05, 3.63) is 0 Å². The zero-order valence-corrected chi connectivity index (χ0v) is 6.61. The van der Waals surface area contributed by atoms with Gasteiger partial charge in [0.2, 0.25) is 0 Å². The molecule has 1 aliphatic heterocycles. The third-order valence-corrected chi connectivity index (χ3v) is 2.93. The van der Waals surface area contributed by atoms with Gasteiger partial charge in [-0.1, -0.05) is 0 Å². The van der Waals surface area contributed by atoms with Crippen LogP contribution in [-0.4, -0.2) is 35.3 Å². The molecule has 1 rings (SSSR count). The summed E-state index contributed by atoms with van der Waals surface area (Å²) in [7, 11) is 1.46. The van der Waals surface area contributed by atoms with E-state index in [2.05, 4.69) is 0 Å². The van der Waals surface area contributed by atoms with Crippen molar-refractivity contribution in [2.75, 3.05) is 18.6 Å². The first-order valence-corrected chi connectivity index (χ1v) is 4.23. The van der Waals surface area contributed by atoms with Gasteiger partial charge in [0.25, 0.3) is 0 Å². The Balaban J connectivity index is 2.67. The Hall–Kier alpha value is -0.220. The van der Waals surface area contributed by atoms with Crippen LogP contribution >= 0.6 is 11.8 Å². The van der Waals surface area contributed by atoms with Crippen LogP contribution in [0.15, 0.2) is 0 Å². The number of carbonyl (C=O) groups is 1. The summed E-state index contributed by atoms with van der Waals surface area (Å²) in [6.07, 6.45) is 0.628. The van der Waals surface area contributed by atoms with Crippen molar-refractivity contribution < 1.29 is 14.6 Å². The van der Waals surface area contributed by atoms with Crippen LogP contribution in [0.4, 0.5) is 0 Å². The highest BCUT2D eigenvalue weighted by atomic mass is 32.2. The standard InChI is InChI=1S/C6H10O3S/c1-9-6(5(7)8)2-3-10-4-6/h2-4H2,1H3,(H,7,8)/t6-/m0/s1. The molecule has 0 radical (unpaired) electrons. The first-order chi connectivity index (χ1) is 4.71. The number of aliphatic carboxylic acids is 1. The molecule has 1 saturated heterocycles. The molecular formula is C6H10O3S. The fourth-order valence-electron chi connectivity index (χ4n) is 0.963. The Labute approximate surface area is 63.8 Å². The second kappa shape index (κ2) is 2.80. The molecule has 0 saturated carbocycles. The van der Waals surface area contributed by atoms with E-state index in [1.165, 1.54) is 7.11 Å². The minimum atomic E-state index is -0.884. The van der Waals surface area contributed by atoms with Crippen LogP contribution < -0.4 is 0 Å². The van der Waals surface area contributed by atoms with Crippen LogP contribution in [0.3, 0.4) is 0 Å². The lowest BCUT2D eigenvalue weighted by Crippen LogP contribution is -2.40. The van der Waals surface area contributed by atoms with Gasteiger partial charge in [-0.05, 0) is 12.2 Å². The predicted octanol–water partition coefficient (Wildman–Crippen LogP) is 0.593. The summed E-state index contributed by atoms with van der Waals surface area (Å²) < 4.78 is 4.94. The zero-order chi connectivity index (χ0) is 7.61. The molecule has 58 valence electrons. The number of hydrogen-bond acceptors (Lipinski definition) is 3. The van der Waals surface area contributed by atoms with Crippen LogP contribution in [0, 0.1) is 0 Å². The summed E-state index contributed by atoms with van der Waals surface area (Å²) in [5.74, 6) is 0.638. The molecule has 0 aromatic carbocycles. The number of thioether (sulfide) groups is 1. The van der Waals surface area contributed by atoms with Gasteiger partial charge in [0.15, 0.2) is 5.60 Å². The number of carboxylic acid groups (broad SMARTS) is 1. The SMILES string of the molecule is CO[C@@]1(C(=O)O)CCSC1. The maximum Gasteiger partial charge on any atom is 0.336 e. The van der Waals surface area contributed by atoms with Crippen molar-refractivity contribution in [1.29, 1.82) is 0 Å². The molecule has 0 spiro atoms. The van der Waals surface area contributed by atoms with Gasteiger partial charge in [-0.25, -0.2) is 4.79 Å². The molecule has 10 heavy (non-hydrogen) atoms.